The van der Waals surface area contributed by atoms with E-state index >= 15 is 0 Å². The van der Waals surface area contributed by atoms with Gasteiger partial charge in [0.05, 0.1) is 23.0 Å². The molecule has 0 saturated carbocycles. The molecule has 184 valence electrons. The zero-order chi connectivity index (χ0) is 25.5. The van der Waals surface area contributed by atoms with Crippen LogP contribution in [0.15, 0.2) is 46.2 Å². The van der Waals surface area contributed by atoms with Crippen LogP contribution in [0.25, 0.3) is 12.2 Å². The SMILES string of the molecule is CCOC(=O)Nc1ccc(/C=C/c2ccc(NC(=O)OCC)cc2S(=O)(=O)[O-])c(S(=O)(=O)[O-])c1.[Na+].[Na+]. The molecule has 0 aliphatic rings. The number of anilines is 2. The van der Waals surface area contributed by atoms with Crippen LogP contribution >= 0.6 is 0 Å². The van der Waals surface area contributed by atoms with Gasteiger partial charge in [0.25, 0.3) is 0 Å². The van der Waals surface area contributed by atoms with Crippen LogP contribution in [0.4, 0.5) is 21.0 Å². The van der Waals surface area contributed by atoms with Gasteiger partial charge >= 0.3 is 71.3 Å². The van der Waals surface area contributed by atoms with Crippen LogP contribution in [0, 0.1) is 0 Å². The molecule has 0 aliphatic carbocycles. The number of benzene rings is 2. The van der Waals surface area contributed by atoms with E-state index in [0.29, 0.717) is 0 Å². The summed E-state index contributed by atoms with van der Waals surface area (Å²) in [5.74, 6) is 0. The van der Waals surface area contributed by atoms with E-state index in [9.17, 15) is 35.5 Å². The molecule has 0 atom stereocenters. The van der Waals surface area contributed by atoms with Crippen molar-refractivity contribution in [3.63, 3.8) is 0 Å². The Bertz CT molecular complexity index is 1230. The molecular weight excluding hydrogens is 538 g/mol. The van der Waals surface area contributed by atoms with Crippen LogP contribution in [0.2, 0.25) is 0 Å². The second-order valence-electron chi connectivity index (χ2n) is 6.44. The fourth-order valence-electron chi connectivity index (χ4n) is 2.68. The fourth-order valence-corrected chi connectivity index (χ4v) is 4.07. The largest absolute Gasteiger partial charge is 1.00 e. The third-order valence-corrected chi connectivity index (χ3v) is 5.84. The van der Waals surface area contributed by atoms with Gasteiger partial charge in [0, 0.05) is 11.4 Å². The van der Waals surface area contributed by atoms with Gasteiger partial charge in [-0.15, -0.1) is 0 Å². The minimum atomic E-state index is -5.01. The standard InChI is InChI=1S/C20H22N2O10S2.2Na/c1-3-31-19(23)21-15-9-7-13(17(11-15)33(25,26)27)5-6-14-8-10-16(22-20(24)32-4-2)12-18(14)34(28,29)30;;/h5-12H,3-4H2,1-2H3,(H,21,23)(H,22,24)(H,25,26,27)(H,28,29,30);;/q;2*+1/p-2/b6-5+;;. The molecule has 2 rings (SSSR count). The fraction of sp³-hybridized carbons (Fsp3) is 0.200. The van der Waals surface area contributed by atoms with Gasteiger partial charge in [-0.05, 0) is 49.2 Å². The van der Waals surface area contributed by atoms with Crippen molar-refractivity contribution in [1.82, 2.24) is 0 Å². The smallest absolute Gasteiger partial charge is 0.744 e. The monoisotopic (exact) mass is 558 g/mol. The maximum atomic E-state index is 11.7. The number of ether oxygens (including phenoxy) is 2. The molecule has 2 aromatic carbocycles. The van der Waals surface area contributed by atoms with Crippen molar-refractivity contribution >= 4 is 55.9 Å². The molecule has 0 radical (unpaired) electrons. The quantitative estimate of drug-likeness (QED) is 0.190. The molecule has 0 fully saturated rings. The molecule has 2 aromatic rings. The van der Waals surface area contributed by atoms with Crippen molar-refractivity contribution in [2.24, 2.45) is 0 Å². The average molecular weight is 558 g/mol. The molecule has 2 amide bonds. The molecule has 0 heterocycles. The van der Waals surface area contributed by atoms with E-state index in [4.69, 9.17) is 0 Å². The molecule has 0 bridgehead atoms. The number of hydrogen-bond acceptors (Lipinski definition) is 10. The molecule has 0 spiro atoms. The van der Waals surface area contributed by atoms with Crippen LogP contribution in [-0.4, -0.2) is 51.3 Å². The molecule has 0 saturated heterocycles. The van der Waals surface area contributed by atoms with Crippen molar-refractivity contribution in [3.05, 3.63) is 47.5 Å². The number of carbonyl (C=O) groups is 2. The van der Waals surface area contributed by atoms with Crippen molar-refractivity contribution in [3.8, 4) is 0 Å². The first kappa shape index (κ1) is 34.5. The molecule has 0 aromatic heterocycles. The minimum Gasteiger partial charge on any atom is -0.744 e. The van der Waals surface area contributed by atoms with Crippen molar-refractivity contribution in [2.45, 2.75) is 23.6 Å². The Hall–Kier alpha value is -1.46. The zero-order valence-electron chi connectivity index (χ0n) is 19.9. The van der Waals surface area contributed by atoms with Gasteiger partial charge in [-0.2, -0.15) is 0 Å². The summed E-state index contributed by atoms with van der Waals surface area (Å²) in [7, 11) is -10.0. The zero-order valence-corrected chi connectivity index (χ0v) is 25.6. The van der Waals surface area contributed by atoms with Gasteiger partial charge < -0.3 is 18.6 Å². The van der Waals surface area contributed by atoms with E-state index in [1.165, 1.54) is 24.3 Å². The van der Waals surface area contributed by atoms with Crippen LogP contribution in [0.3, 0.4) is 0 Å². The average Bonchev–Trinajstić information content (AvgIpc) is 2.72. The van der Waals surface area contributed by atoms with Crippen molar-refractivity contribution in [1.29, 1.82) is 0 Å². The predicted octanol–water partition coefficient (Wildman–Crippen LogP) is -3.19. The van der Waals surface area contributed by atoms with Crippen LogP contribution < -0.4 is 69.7 Å². The first-order valence-electron chi connectivity index (χ1n) is 9.60. The summed E-state index contributed by atoms with van der Waals surface area (Å²) in [5, 5.41) is 4.52. The molecule has 0 aliphatic heterocycles. The van der Waals surface area contributed by atoms with Crippen LogP contribution in [0.1, 0.15) is 25.0 Å². The maximum absolute atomic E-state index is 11.7. The number of nitrogens with one attached hydrogen (secondary N) is 2. The van der Waals surface area contributed by atoms with E-state index in [2.05, 4.69) is 20.1 Å². The van der Waals surface area contributed by atoms with Crippen molar-refractivity contribution < 1.29 is 104 Å². The van der Waals surface area contributed by atoms with Gasteiger partial charge in [0.15, 0.2) is 0 Å². The van der Waals surface area contributed by atoms with E-state index in [-0.39, 0.29) is 94.8 Å². The Kier molecular flexibility index (Phi) is 14.5. The number of amides is 2. The van der Waals surface area contributed by atoms with E-state index in [1.807, 2.05) is 0 Å². The molecule has 36 heavy (non-hydrogen) atoms. The molecule has 0 unspecified atom stereocenters. The Labute approximate surface area is 252 Å². The third-order valence-electron chi connectivity index (χ3n) is 4.05. The Morgan fingerprint density at radius 1 is 0.750 bits per heavy atom. The van der Waals surface area contributed by atoms with E-state index in [0.717, 1.165) is 24.3 Å². The normalized spacial score (nSPS) is 11.1. The van der Waals surface area contributed by atoms with Gasteiger partial charge in [0.1, 0.15) is 20.2 Å². The Balaban J connectivity index is 0.00000612. The number of hydrogen-bond donors (Lipinski definition) is 2. The predicted molar refractivity (Wildman–Crippen MR) is 119 cm³/mol. The maximum Gasteiger partial charge on any atom is 1.00 e. The molecule has 12 nitrogen and oxygen atoms in total. The Morgan fingerprint density at radius 3 is 1.36 bits per heavy atom. The van der Waals surface area contributed by atoms with Crippen LogP contribution in [-0.2, 0) is 29.7 Å². The minimum absolute atomic E-state index is 0. The van der Waals surface area contributed by atoms with Crippen molar-refractivity contribution in [2.75, 3.05) is 23.8 Å². The van der Waals surface area contributed by atoms with Gasteiger partial charge in [-0.1, -0.05) is 24.3 Å². The summed E-state index contributed by atoms with van der Waals surface area (Å²) in [6.45, 7) is 3.27. The molecule has 16 heteroatoms. The Morgan fingerprint density at radius 2 is 1.08 bits per heavy atom. The first-order chi connectivity index (χ1) is 15.8. The summed E-state index contributed by atoms with van der Waals surface area (Å²) >= 11 is 0. The molecule has 2 N–H and O–H groups in total. The van der Waals surface area contributed by atoms with Gasteiger partial charge in [-0.3, -0.25) is 10.6 Å². The first-order valence-corrected chi connectivity index (χ1v) is 12.4. The van der Waals surface area contributed by atoms with E-state index in [1.54, 1.807) is 13.8 Å². The molecular formula is C20H20N2Na2O10S2. The summed E-state index contributed by atoms with van der Waals surface area (Å²) in [6, 6.07) is 6.81. The van der Waals surface area contributed by atoms with Gasteiger partial charge in [-0.25, -0.2) is 26.4 Å². The summed E-state index contributed by atoms with van der Waals surface area (Å²) < 4.78 is 79.7. The second-order valence-corrected chi connectivity index (χ2v) is 9.13. The third kappa shape index (κ3) is 10.5. The number of carbonyl (C=O) groups excluding carboxylic acids is 2. The summed E-state index contributed by atoms with van der Waals surface area (Å²) in [5.41, 5.74) is -0.316. The second kappa shape index (κ2) is 15.1. The topological polar surface area (TPSA) is 191 Å². The summed E-state index contributed by atoms with van der Waals surface area (Å²) in [6.07, 6.45) is 0.506. The summed E-state index contributed by atoms with van der Waals surface area (Å²) in [4.78, 5) is 21.7. The van der Waals surface area contributed by atoms with Crippen LogP contribution in [0.5, 0.6) is 0 Å². The van der Waals surface area contributed by atoms with E-state index < -0.39 is 42.2 Å². The number of rotatable bonds is 8. The van der Waals surface area contributed by atoms with Gasteiger partial charge in [0.2, 0.25) is 0 Å².